The summed E-state index contributed by atoms with van der Waals surface area (Å²) in [6.45, 7) is 0.940. The molecule has 3 nitrogen and oxygen atoms in total. The minimum atomic E-state index is 0.658. The third kappa shape index (κ3) is 2.95. The van der Waals surface area contributed by atoms with E-state index in [-0.39, 0.29) is 0 Å². The van der Waals surface area contributed by atoms with Crippen LogP contribution in [0.15, 0.2) is 18.2 Å². The molecule has 0 heterocycles. The Morgan fingerprint density at radius 2 is 2.11 bits per heavy atom. The van der Waals surface area contributed by atoms with E-state index in [1.165, 1.54) is 32.1 Å². The minimum absolute atomic E-state index is 0.658. The third-order valence-corrected chi connectivity index (χ3v) is 3.66. The van der Waals surface area contributed by atoms with Crippen molar-refractivity contribution in [2.75, 3.05) is 19.0 Å². The van der Waals surface area contributed by atoms with Crippen molar-refractivity contribution in [3.05, 3.63) is 23.8 Å². The van der Waals surface area contributed by atoms with Gasteiger partial charge in [-0.2, -0.15) is 5.26 Å². The summed E-state index contributed by atoms with van der Waals surface area (Å²) in [7, 11) is 1.64. The van der Waals surface area contributed by atoms with E-state index in [1.807, 2.05) is 18.2 Å². The van der Waals surface area contributed by atoms with E-state index in [2.05, 4.69) is 11.4 Å². The molecule has 1 aromatic carbocycles. The first-order valence-electron chi connectivity index (χ1n) is 6.66. The number of hydrogen-bond acceptors (Lipinski definition) is 3. The molecule has 0 aliphatic heterocycles. The lowest BCUT2D eigenvalue weighted by Crippen LogP contribution is -2.18. The van der Waals surface area contributed by atoms with Crippen LogP contribution in [0.5, 0.6) is 5.75 Å². The van der Waals surface area contributed by atoms with Crippen LogP contribution >= 0.6 is 0 Å². The van der Waals surface area contributed by atoms with Gasteiger partial charge in [0.1, 0.15) is 11.8 Å². The number of nitrogens with one attached hydrogen (secondary N) is 1. The maximum Gasteiger partial charge on any atom is 0.143 e. The molecule has 0 amide bonds. The molecule has 18 heavy (non-hydrogen) atoms. The SMILES string of the molecule is COc1cccc(C#N)c1NCC1CCCCC1. The van der Waals surface area contributed by atoms with Gasteiger partial charge >= 0.3 is 0 Å². The Morgan fingerprint density at radius 1 is 1.33 bits per heavy atom. The number of methoxy groups -OCH3 is 1. The Labute approximate surface area is 109 Å². The van der Waals surface area contributed by atoms with Gasteiger partial charge in [-0.3, -0.25) is 0 Å². The van der Waals surface area contributed by atoms with E-state index in [0.29, 0.717) is 5.56 Å². The highest BCUT2D eigenvalue weighted by Crippen LogP contribution is 2.30. The van der Waals surface area contributed by atoms with E-state index < -0.39 is 0 Å². The number of para-hydroxylation sites is 1. The maximum atomic E-state index is 9.13. The lowest BCUT2D eigenvalue weighted by Gasteiger charge is -2.23. The smallest absolute Gasteiger partial charge is 0.143 e. The first-order valence-corrected chi connectivity index (χ1v) is 6.66. The molecule has 0 spiro atoms. The maximum absolute atomic E-state index is 9.13. The molecule has 1 N–H and O–H groups in total. The number of nitrogens with zero attached hydrogens (tertiary/aromatic N) is 1. The van der Waals surface area contributed by atoms with Crippen molar-refractivity contribution in [3.63, 3.8) is 0 Å². The van der Waals surface area contributed by atoms with Crippen LogP contribution in [-0.4, -0.2) is 13.7 Å². The van der Waals surface area contributed by atoms with Crippen LogP contribution in [0.4, 0.5) is 5.69 Å². The summed E-state index contributed by atoms with van der Waals surface area (Å²) >= 11 is 0. The van der Waals surface area contributed by atoms with Crippen molar-refractivity contribution in [3.8, 4) is 11.8 Å². The van der Waals surface area contributed by atoms with E-state index in [4.69, 9.17) is 10.00 Å². The predicted octanol–water partition coefficient (Wildman–Crippen LogP) is 3.56. The fraction of sp³-hybridized carbons (Fsp3) is 0.533. The molecular weight excluding hydrogens is 224 g/mol. The van der Waals surface area contributed by atoms with Gasteiger partial charge in [0.25, 0.3) is 0 Å². The van der Waals surface area contributed by atoms with Crippen molar-refractivity contribution in [1.29, 1.82) is 5.26 Å². The summed E-state index contributed by atoms with van der Waals surface area (Å²) in [5.74, 6) is 1.49. The highest BCUT2D eigenvalue weighted by atomic mass is 16.5. The largest absolute Gasteiger partial charge is 0.495 e. The molecular formula is C15H20N2O. The van der Waals surface area contributed by atoms with Gasteiger partial charge < -0.3 is 10.1 Å². The normalized spacial score (nSPS) is 16.0. The predicted molar refractivity (Wildman–Crippen MR) is 72.8 cm³/mol. The second-order valence-electron chi connectivity index (χ2n) is 4.88. The second kappa shape index (κ2) is 6.30. The van der Waals surface area contributed by atoms with Crippen molar-refractivity contribution in [2.45, 2.75) is 32.1 Å². The molecule has 96 valence electrons. The minimum Gasteiger partial charge on any atom is -0.495 e. The van der Waals surface area contributed by atoms with Gasteiger partial charge in [0, 0.05) is 6.54 Å². The van der Waals surface area contributed by atoms with Crippen molar-refractivity contribution in [1.82, 2.24) is 0 Å². The first kappa shape index (κ1) is 12.8. The molecule has 1 saturated carbocycles. The Kier molecular flexibility index (Phi) is 4.46. The number of anilines is 1. The summed E-state index contributed by atoms with van der Waals surface area (Å²) in [4.78, 5) is 0. The fourth-order valence-electron chi connectivity index (χ4n) is 2.61. The molecule has 0 bridgehead atoms. The van der Waals surface area contributed by atoms with Crippen LogP contribution in [0.3, 0.4) is 0 Å². The molecule has 0 saturated heterocycles. The van der Waals surface area contributed by atoms with Crippen LogP contribution in [0.1, 0.15) is 37.7 Å². The second-order valence-corrected chi connectivity index (χ2v) is 4.88. The van der Waals surface area contributed by atoms with Crippen molar-refractivity contribution < 1.29 is 4.74 Å². The number of benzene rings is 1. The number of ether oxygens (including phenoxy) is 1. The molecule has 1 aliphatic rings. The highest BCUT2D eigenvalue weighted by molar-refractivity contribution is 5.66. The monoisotopic (exact) mass is 244 g/mol. The molecule has 0 atom stereocenters. The molecule has 3 heteroatoms. The zero-order valence-corrected chi connectivity index (χ0v) is 10.9. The Bertz CT molecular complexity index is 431. The van der Waals surface area contributed by atoms with Gasteiger partial charge in [-0.15, -0.1) is 0 Å². The lowest BCUT2D eigenvalue weighted by atomic mass is 9.89. The average Bonchev–Trinajstić information content (AvgIpc) is 2.45. The third-order valence-electron chi connectivity index (χ3n) is 3.66. The van der Waals surface area contributed by atoms with Crippen LogP contribution in [0.2, 0.25) is 0 Å². The van der Waals surface area contributed by atoms with Crippen LogP contribution < -0.4 is 10.1 Å². The molecule has 1 fully saturated rings. The standard InChI is InChI=1S/C15H20N2O/c1-18-14-9-5-8-13(10-16)15(14)17-11-12-6-3-2-4-7-12/h5,8-9,12,17H,2-4,6-7,11H2,1H3. The van der Waals surface area contributed by atoms with Crippen LogP contribution in [-0.2, 0) is 0 Å². The van der Waals surface area contributed by atoms with E-state index in [1.54, 1.807) is 7.11 Å². The van der Waals surface area contributed by atoms with Gasteiger partial charge in [-0.25, -0.2) is 0 Å². The summed E-state index contributed by atoms with van der Waals surface area (Å²) in [5.41, 5.74) is 1.50. The summed E-state index contributed by atoms with van der Waals surface area (Å²) < 4.78 is 5.31. The quantitative estimate of drug-likeness (QED) is 0.880. The van der Waals surface area contributed by atoms with E-state index in [9.17, 15) is 0 Å². The molecule has 1 aromatic rings. The van der Waals surface area contributed by atoms with Crippen molar-refractivity contribution >= 4 is 5.69 Å². The Morgan fingerprint density at radius 3 is 2.78 bits per heavy atom. The zero-order chi connectivity index (χ0) is 12.8. The van der Waals surface area contributed by atoms with Crippen LogP contribution in [0.25, 0.3) is 0 Å². The van der Waals surface area contributed by atoms with Gasteiger partial charge in [-0.05, 0) is 30.9 Å². The number of nitriles is 1. The van der Waals surface area contributed by atoms with Gasteiger partial charge in [0.05, 0.1) is 18.4 Å². The Balaban J connectivity index is 2.05. The topological polar surface area (TPSA) is 45.0 Å². The first-order chi connectivity index (χ1) is 8.85. The van der Waals surface area contributed by atoms with Gasteiger partial charge in [0.2, 0.25) is 0 Å². The molecule has 0 radical (unpaired) electrons. The molecule has 1 aliphatic carbocycles. The summed E-state index contributed by atoms with van der Waals surface area (Å²) in [6, 6.07) is 7.78. The van der Waals surface area contributed by atoms with E-state index in [0.717, 1.165) is 23.9 Å². The average molecular weight is 244 g/mol. The molecule has 0 unspecified atom stereocenters. The molecule has 2 rings (SSSR count). The van der Waals surface area contributed by atoms with Crippen LogP contribution in [0, 0.1) is 17.2 Å². The number of rotatable bonds is 4. The summed E-state index contributed by atoms with van der Waals surface area (Å²) in [5, 5.41) is 12.5. The molecule has 0 aromatic heterocycles. The van der Waals surface area contributed by atoms with E-state index >= 15 is 0 Å². The number of hydrogen-bond donors (Lipinski definition) is 1. The van der Waals surface area contributed by atoms with Crippen molar-refractivity contribution in [2.24, 2.45) is 5.92 Å². The Hall–Kier alpha value is -1.69. The lowest BCUT2D eigenvalue weighted by molar-refractivity contribution is 0.372. The van der Waals surface area contributed by atoms with Gasteiger partial charge in [0.15, 0.2) is 0 Å². The van der Waals surface area contributed by atoms with Gasteiger partial charge in [-0.1, -0.05) is 25.3 Å². The summed E-state index contributed by atoms with van der Waals surface area (Å²) in [6.07, 6.45) is 6.63. The fourth-order valence-corrected chi connectivity index (χ4v) is 2.61. The zero-order valence-electron chi connectivity index (χ0n) is 10.9. The highest BCUT2D eigenvalue weighted by Gasteiger charge is 2.15.